The number of nitrogens with one attached hydrogen (secondary N) is 1. The second-order valence-corrected chi connectivity index (χ2v) is 6.19. The van der Waals surface area contributed by atoms with Crippen LogP contribution in [0.1, 0.15) is 28.7 Å². The van der Waals surface area contributed by atoms with E-state index in [0.29, 0.717) is 35.1 Å². The van der Waals surface area contributed by atoms with Crippen LogP contribution in [0, 0.1) is 19.7 Å². The Morgan fingerprint density at radius 2 is 1.82 bits per heavy atom. The Bertz CT molecular complexity index is 985. The van der Waals surface area contributed by atoms with E-state index < -0.39 is 0 Å². The van der Waals surface area contributed by atoms with Crippen molar-refractivity contribution in [2.75, 3.05) is 11.9 Å². The Morgan fingerprint density at radius 1 is 1.11 bits per heavy atom. The predicted molar refractivity (Wildman–Crippen MR) is 104 cm³/mol. The maximum Gasteiger partial charge on any atom is 0.255 e. The zero-order chi connectivity index (χ0) is 20.1. The molecule has 0 unspecified atom stereocenters. The van der Waals surface area contributed by atoms with Crippen molar-refractivity contribution in [2.24, 2.45) is 0 Å². The van der Waals surface area contributed by atoms with E-state index in [4.69, 9.17) is 9.47 Å². The van der Waals surface area contributed by atoms with Crippen molar-refractivity contribution in [3.05, 3.63) is 71.3 Å². The second kappa shape index (κ2) is 8.56. The van der Waals surface area contributed by atoms with E-state index in [1.165, 1.54) is 12.1 Å². The van der Waals surface area contributed by atoms with Crippen LogP contribution in [0.5, 0.6) is 11.5 Å². The van der Waals surface area contributed by atoms with Crippen LogP contribution < -0.4 is 14.8 Å². The third-order valence-electron chi connectivity index (χ3n) is 4.18. The Balaban J connectivity index is 1.72. The first kappa shape index (κ1) is 19.4. The van der Waals surface area contributed by atoms with Crippen LogP contribution in [0.2, 0.25) is 0 Å². The van der Waals surface area contributed by atoms with Crippen molar-refractivity contribution >= 4 is 11.6 Å². The highest BCUT2D eigenvalue weighted by Gasteiger charge is 2.16. The smallest absolute Gasteiger partial charge is 0.255 e. The van der Waals surface area contributed by atoms with Crippen molar-refractivity contribution in [1.82, 2.24) is 9.78 Å². The number of hydrogen-bond donors (Lipinski definition) is 1. The Morgan fingerprint density at radius 3 is 2.54 bits per heavy atom. The molecule has 0 spiro atoms. The lowest BCUT2D eigenvalue weighted by Crippen LogP contribution is -2.14. The summed E-state index contributed by atoms with van der Waals surface area (Å²) < 4.78 is 25.9. The molecule has 0 aliphatic carbocycles. The molecule has 7 heteroatoms. The first-order valence-electron chi connectivity index (χ1n) is 8.94. The summed E-state index contributed by atoms with van der Waals surface area (Å²) in [6.45, 7) is 6.16. The van der Waals surface area contributed by atoms with E-state index in [0.717, 1.165) is 5.69 Å². The van der Waals surface area contributed by atoms with Gasteiger partial charge in [0.05, 0.1) is 23.7 Å². The van der Waals surface area contributed by atoms with Crippen molar-refractivity contribution in [3.8, 4) is 11.5 Å². The number of hydrogen-bond acceptors (Lipinski definition) is 4. The van der Waals surface area contributed by atoms with Gasteiger partial charge in [-0.2, -0.15) is 5.10 Å². The van der Waals surface area contributed by atoms with Gasteiger partial charge < -0.3 is 14.8 Å². The number of ether oxygens (including phenoxy) is 2. The number of aromatic nitrogens is 2. The Hall–Kier alpha value is -3.35. The molecule has 3 rings (SSSR count). The van der Waals surface area contributed by atoms with Crippen molar-refractivity contribution < 1.29 is 18.7 Å². The summed E-state index contributed by atoms with van der Waals surface area (Å²) >= 11 is 0. The average molecular weight is 383 g/mol. The van der Waals surface area contributed by atoms with E-state index in [1.807, 2.05) is 13.8 Å². The molecule has 28 heavy (non-hydrogen) atoms. The minimum Gasteiger partial charge on any atom is -0.494 e. The van der Waals surface area contributed by atoms with Gasteiger partial charge in [-0.15, -0.1) is 0 Å². The van der Waals surface area contributed by atoms with Gasteiger partial charge in [0.25, 0.3) is 5.91 Å². The van der Waals surface area contributed by atoms with Gasteiger partial charge >= 0.3 is 0 Å². The van der Waals surface area contributed by atoms with Crippen LogP contribution in [0.25, 0.3) is 0 Å². The van der Waals surface area contributed by atoms with E-state index in [-0.39, 0.29) is 18.5 Å². The van der Waals surface area contributed by atoms with Crippen LogP contribution in [-0.2, 0) is 6.73 Å². The standard InChI is InChI=1S/C21H22FN3O3/c1-4-27-18-9-5-7-16(11-18)21(26)23-20-14(2)24-25(15(20)3)13-28-19-10-6-8-17(22)12-19/h5-12H,4,13H2,1-3H3,(H,23,26). The first-order valence-corrected chi connectivity index (χ1v) is 8.94. The molecule has 146 valence electrons. The maximum atomic E-state index is 13.3. The van der Waals surface area contributed by atoms with Crippen LogP contribution in [0.3, 0.4) is 0 Å². The largest absolute Gasteiger partial charge is 0.494 e. The third kappa shape index (κ3) is 4.49. The molecule has 1 aromatic heterocycles. The molecule has 1 amide bonds. The Kier molecular flexibility index (Phi) is 5.93. The summed E-state index contributed by atoms with van der Waals surface area (Å²) in [6.07, 6.45) is 0. The zero-order valence-electron chi connectivity index (χ0n) is 16.0. The average Bonchev–Trinajstić information content (AvgIpc) is 2.94. The highest BCUT2D eigenvalue weighted by Crippen LogP contribution is 2.22. The number of carbonyl (C=O) groups excluding carboxylic acids is 1. The molecule has 0 fully saturated rings. The van der Waals surface area contributed by atoms with Crippen LogP contribution in [-0.4, -0.2) is 22.3 Å². The minimum absolute atomic E-state index is 0.103. The van der Waals surface area contributed by atoms with Gasteiger partial charge in [-0.05, 0) is 51.1 Å². The number of rotatable bonds is 7. The van der Waals surface area contributed by atoms with Crippen molar-refractivity contribution in [2.45, 2.75) is 27.5 Å². The molecule has 0 radical (unpaired) electrons. The Labute approximate surface area is 162 Å². The van der Waals surface area contributed by atoms with Crippen LogP contribution in [0.15, 0.2) is 48.5 Å². The normalized spacial score (nSPS) is 10.6. The quantitative estimate of drug-likeness (QED) is 0.660. The molecule has 0 bridgehead atoms. The summed E-state index contributed by atoms with van der Waals surface area (Å²) in [5, 5.41) is 7.30. The van der Waals surface area contributed by atoms with Gasteiger partial charge in [0.2, 0.25) is 0 Å². The molecule has 1 N–H and O–H groups in total. The molecule has 0 atom stereocenters. The van der Waals surface area contributed by atoms with Gasteiger partial charge in [-0.1, -0.05) is 12.1 Å². The summed E-state index contributed by atoms with van der Waals surface area (Å²) in [5.74, 6) is 0.431. The maximum absolute atomic E-state index is 13.3. The molecular formula is C21H22FN3O3. The minimum atomic E-state index is -0.367. The predicted octanol–water partition coefficient (Wildman–Crippen LogP) is 4.33. The third-order valence-corrected chi connectivity index (χ3v) is 4.18. The van der Waals surface area contributed by atoms with Crippen molar-refractivity contribution in [1.29, 1.82) is 0 Å². The number of benzene rings is 2. The van der Waals surface area contributed by atoms with Gasteiger partial charge in [0.15, 0.2) is 6.73 Å². The topological polar surface area (TPSA) is 65.4 Å². The molecule has 3 aromatic rings. The van der Waals surface area contributed by atoms with E-state index in [2.05, 4.69) is 10.4 Å². The molecule has 0 saturated carbocycles. The molecule has 1 heterocycles. The highest BCUT2D eigenvalue weighted by molar-refractivity contribution is 6.05. The molecule has 6 nitrogen and oxygen atoms in total. The summed E-state index contributed by atoms with van der Waals surface area (Å²) in [7, 11) is 0. The van der Waals surface area contributed by atoms with Gasteiger partial charge in [-0.25, -0.2) is 9.07 Å². The zero-order valence-corrected chi connectivity index (χ0v) is 16.0. The van der Waals surface area contributed by atoms with E-state index >= 15 is 0 Å². The highest BCUT2D eigenvalue weighted by atomic mass is 19.1. The van der Waals surface area contributed by atoms with Gasteiger partial charge in [-0.3, -0.25) is 4.79 Å². The van der Waals surface area contributed by atoms with Gasteiger partial charge in [0, 0.05) is 11.6 Å². The number of anilines is 1. The lowest BCUT2D eigenvalue weighted by Gasteiger charge is -2.09. The second-order valence-electron chi connectivity index (χ2n) is 6.19. The number of nitrogens with zero attached hydrogens (tertiary/aromatic N) is 2. The number of halogens is 1. The monoisotopic (exact) mass is 383 g/mol. The molecule has 0 saturated heterocycles. The summed E-state index contributed by atoms with van der Waals surface area (Å²) in [6, 6.07) is 12.9. The fourth-order valence-electron chi connectivity index (χ4n) is 2.78. The fraction of sp³-hybridized carbons (Fsp3) is 0.238. The molecular weight excluding hydrogens is 361 g/mol. The lowest BCUT2D eigenvalue weighted by molar-refractivity contribution is 0.102. The number of amides is 1. The van der Waals surface area contributed by atoms with Crippen molar-refractivity contribution in [3.63, 3.8) is 0 Å². The van der Waals surface area contributed by atoms with E-state index in [9.17, 15) is 9.18 Å². The van der Waals surface area contributed by atoms with E-state index in [1.54, 1.807) is 48.0 Å². The molecule has 0 aliphatic rings. The fourth-order valence-corrected chi connectivity index (χ4v) is 2.78. The first-order chi connectivity index (χ1) is 13.5. The summed E-state index contributed by atoms with van der Waals surface area (Å²) in [5.41, 5.74) is 2.51. The molecule has 2 aromatic carbocycles. The SMILES string of the molecule is CCOc1cccc(C(=O)Nc2c(C)nn(COc3cccc(F)c3)c2C)c1. The summed E-state index contributed by atoms with van der Waals surface area (Å²) in [4.78, 5) is 12.6. The molecule has 0 aliphatic heterocycles. The number of carbonyl (C=O) groups is 1. The lowest BCUT2D eigenvalue weighted by atomic mass is 10.2. The van der Waals surface area contributed by atoms with Crippen LogP contribution >= 0.6 is 0 Å². The van der Waals surface area contributed by atoms with Gasteiger partial charge in [0.1, 0.15) is 17.3 Å². The number of aryl methyl sites for hydroxylation is 1. The van der Waals surface area contributed by atoms with Crippen LogP contribution in [0.4, 0.5) is 10.1 Å².